The van der Waals surface area contributed by atoms with Gasteiger partial charge >= 0.3 is 5.69 Å². The lowest BCUT2D eigenvalue weighted by atomic mass is 10.2. The minimum Gasteiger partial charge on any atom is -0.300 e. The Hall–Kier alpha value is -2.74. The maximum Gasteiger partial charge on any atom is 0.328 e. The molecule has 1 aromatic carbocycles. The highest BCUT2D eigenvalue weighted by atomic mass is 32.1. The number of aromatic amines is 1. The number of hydrogen-bond donors (Lipinski definition) is 2. The van der Waals surface area contributed by atoms with Crippen LogP contribution in [0.1, 0.15) is 12.5 Å². The van der Waals surface area contributed by atoms with Gasteiger partial charge < -0.3 is 5.32 Å². The number of carbonyl (C=O) groups excluding carboxylic acids is 1. The average Bonchev–Trinajstić information content (AvgIpc) is 2.91. The molecule has 0 aliphatic heterocycles. The van der Waals surface area contributed by atoms with Crippen molar-refractivity contribution in [2.24, 2.45) is 0 Å². The number of hydrogen-bond acceptors (Lipinski definition) is 5. The molecule has 8 heteroatoms. The molecule has 0 saturated carbocycles. The van der Waals surface area contributed by atoms with Gasteiger partial charge in [-0.2, -0.15) is 0 Å². The normalized spacial score (nSPS) is 10.8. The molecule has 7 nitrogen and oxygen atoms in total. The van der Waals surface area contributed by atoms with Gasteiger partial charge in [0.1, 0.15) is 6.54 Å². The summed E-state index contributed by atoms with van der Waals surface area (Å²) in [5.74, 6) is -0.381. The second-order valence-electron chi connectivity index (χ2n) is 4.96. The Morgan fingerprint density at radius 2 is 2.17 bits per heavy atom. The lowest BCUT2D eigenvalue weighted by Gasteiger charge is -2.03. The number of anilines is 1. The Kier molecular flexibility index (Phi) is 4.07. The van der Waals surface area contributed by atoms with E-state index in [1.807, 2.05) is 12.1 Å². The van der Waals surface area contributed by atoms with E-state index in [0.29, 0.717) is 5.13 Å². The predicted octanol–water partition coefficient (Wildman–Crippen LogP) is 1.35. The third-order valence-corrected chi connectivity index (χ3v) is 4.25. The zero-order valence-electron chi connectivity index (χ0n) is 12.3. The predicted molar refractivity (Wildman–Crippen MR) is 89.0 cm³/mol. The molecule has 3 aromatic rings. The minimum atomic E-state index is -0.621. The number of aryl methyl sites for hydroxylation is 1. The summed E-state index contributed by atoms with van der Waals surface area (Å²) in [5.41, 5.74) is 0.914. The number of H-pyrrole nitrogens is 1. The van der Waals surface area contributed by atoms with Gasteiger partial charge in [0.25, 0.3) is 5.56 Å². The van der Waals surface area contributed by atoms with Crippen LogP contribution in [0.5, 0.6) is 0 Å². The first-order chi connectivity index (χ1) is 11.0. The Bertz CT molecular complexity index is 986. The van der Waals surface area contributed by atoms with E-state index in [9.17, 15) is 14.4 Å². The number of nitrogens with one attached hydrogen (secondary N) is 2. The Balaban J connectivity index is 1.77. The number of carbonyl (C=O) groups is 1. The van der Waals surface area contributed by atoms with Crippen molar-refractivity contribution in [2.75, 3.05) is 5.32 Å². The van der Waals surface area contributed by atoms with Crippen LogP contribution in [0, 0.1) is 0 Å². The summed E-state index contributed by atoms with van der Waals surface area (Å²) in [6, 6.07) is 7.17. The molecule has 0 aliphatic carbocycles. The van der Waals surface area contributed by atoms with Gasteiger partial charge in [-0.1, -0.05) is 24.3 Å². The van der Waals surface area contributed by atoms with Gasteiger partial charge in [-0.3, -0.25) is 19.1 Å². The van der Waals surface area contributed by atoms with E-state index in [4.69, 9.17) is 0 Å². The average molecular weight is 330 g/mol. The van der Waals surface area contributed by atoms with E-state index >= 15 is 0 Å². The van der Waals surface area contributed by atoms with Gasteiger partial charge in [0, 0.05) is 12.3 Å². The van der Waals surface area contributed by atoms with Crippen LogP contribution >= 0.6 is 11.3 Å². The largest absolute Gasteiger partial charge is 0.328 e. The summed E-state index contributed by atoms with van der Waals surface area (Å²) in [6.07, 6.45) is 2.22. The second kappa shape index (κ2) is 6.17. The molecule has 0 fully saturated rings. The van der Waals surface area contributed by atoms with Gasteiger partial charge in [0.05, 0.1) is 10.2 Å². The molecule has 2 heterocycles. The molecular weight excluding hydrogens is 316 g/mol. The number of rotatable bonds is 4. The monoisotopic (exact) mass is 330 g/mol. The summed E-state index contributed by atoms with van der Waals surface area (Å²) >= 11 is 1.38. The van der Waals surface area contributed by atoms with Crippen LogP contribution < -0.4 is 16.6 Å². The maximum atomic E-state index is 12.0. The molecule has 3 rings (SSSR count). The Morgan fingerprint density at radius 1 is 1.35 bits per heavy atom. The summed E-state index contributed by atoms with van der Waals surface area (Å²) in [7, 11) is 0. The van der Waals surface area contributed by atoms with Crippen molar-refractivity contribution in [3.63, 3.8) is 0 Å². The van der Waals surface area contributed by atoms with Crippen LogP contribution in [0.4, 0.5) is 5.13 Å². The van der Waals surface area contributed by atoms with Crippen molar-refractivity contribution < 1.29 is 4.79 Å². The van der Waals surface area contributed by atoms with Crippen molar-refractivity contribution >= 4 is 32.6 Å². The van der Waals surface area contributed by atoms with E-state index in [1.54, 1.807) is 0 Å². The van der Waals surface area contributed by atoms with Crippen molar-refractivity contribution in [3.8, 4) is 0 Å². The standard InChI is InChI=1S/C15H14N4O3S/c1-2-9-3-4-10-11(7-9)23-14(16-10)17-13(21)8-19-6-5-12(20)18-15(19)22/h3-7H,2,8H2,1H3,(H,16,17,21)(H,18,20,22). The lowest BCUT2D eigenvalue weighted by Crippen LogP contribution is -2.32. The number of aromatic nitrogens is 3. The van der Waals surface area contributed by atoms with Crippen LogP contribution in [-0.2, 0) is 17.8 Å². The third-order valence-electron chi connectivity index (χ3n) is 3.32. The number of nitrogens with zero attached hydrogens (tertiary/aromatic N) is 2. The number of fused-ring (bicyclic) bond motifs is 1. The van der Waals surface area contributed by atoms with Crippen LogP contribution in [0.2, 0.25) is 0 Å². The van der Waals surface area contributed by atoms with Crippen LogP contribution in [-0.4, -0.2) is 20.4 Å². The van der Waals surface area contributed by atoms with Crippen LogP contribution in [0.25, 0.3) is 10.2 Å². The molecule has 0 aliphatic rings. The highest BCUT2D eigenvalue weighted by Crippen LogP contribution is 2.26. The van der Waals surface area contributed by atoms with Gasteiger partial charge in [0.15, 0.2) is 5.13 Å². The first-order valence-electron chi connectivity index (χ1n) is 7.04. The van der Waals surface area contributed by atoms with Crippen molar-refractivity contribution in [3.05, 3.63) is 56.9 Å². The second-order valence-corrected chi connectivity index (χ2v) is 5.99. The smallest absolute Gasteiger partial charge is 0.300 e. The molecule has 0 radical (unpaired) electrons. The first-order valence-corrected chi connectivity index (χ1v) is 7.86. The van der Waals surface area contributed by atoms with Crippen LogP contribution in [0.15, 0.2) is 40.1 Å². The van der Waals surface area contributed by atoms with Gasteiger partial charge in [-0.15, -0.1) is 0 Å². The molecule has 1 amide bonds. The molecule has 0 spiro atoms. The summed E-state index contributed by atoms with van der Waals surface area (Å²) in [5, 5.41) is 3.16. The van der Waals surface area contributed by atoms with E-state index in [2.05, 4.69) is 28.3 Å². The van der Waals surface area contributed by atoms with Crippen molar-refractivity contribution in [1.82, 2.24) is 14.5 Å². The van der Waals surface area contributed by atoms with Crippen LogP contribution in [0.3, 0.4) is 0 Å². The maximum absolute atomic E-state index is 12.0. The third kappa shape index (κ3) is 3.37. The van der Waals surface area contributed by atoms with E-state index in [-0.39, 0.29) is 12.5 Å². The minimum absolute atomic E-state index is 0.189. The fraction of sp³-hybridized carbons (Fsp3) is 0.200. The van der Waals surface area contributed by atoms with Crippen molar-refractivity contribution in [1.29, 1.82) is 0 Å². The highest BCUT2D eigenvalue weighted by Gasteiger charge is 2.09. The first kappa shape index (κ1) is 15.2. The van der Waals surface area contributed by atoms with Gasteiger partial charge in [-0.05, 0) is 24.1 Å². The molecule has 0 unspecified atom stereocenters. The fourth-order valence-corrected chi connectivity index (χ4v) is 3.07. The SMILES string of the molecule is CCc1ccc2nc(NC(=O)Cn3ccc(=O)[nH]c3=O)sc2c1. The number of amides is 1. The molecule has 0 atom stereocenters. The molecular formula is C15H14N4O3S. The quantitative estimate of drug-likeness (QED) is 0.754. The zero-order valence-corrected chi connectivity index (χ0v) is 13.1. The number of benzene rings is 1. The van der Waals surface area contributed by atoms with Crippen molar-refractivity contribution in [2.45, 2.75) is 19.9 Å². The lowest BCUT2D eigenvalue weighted by molar-refractivity contribution is -0.116. The topological polar surface area (TPSA) is 96.8 Å². The molecule has 0 saturated heterocycles. The summed E-state index contributed by atoms with van der Waals surface area (Å²) in [4.78, 5) is 41.0. The van der Waals surface area contributed by atoms with E-state index < -0.39 is 11.2 Å². The Labute approximate surface area is 134 Å². The summed E-state index contributed by atoms with van der Waals surface area (Å²) < 4.78 is 2.13. The highest BCUT2D eigenvalue weighted by molar-refractivity contribution is 7.22. The molecule has 2 N–H and O–H groups in total. The summed E-state index contributed by atoms with van der Waals surface area (Å²) in [6.45, 7) is 1.89. The van der Waals surface area contributed by atoms with E-state index in [0.717, 1.165) is 21.2 Å². The molecule has 118 valence electrons. The van der Waals surface area contributed by atoms with E-state index in [1.165, 1.54) is 29.2 Å². The number of thiazole rings is 1. The zero-order chi connectivity index (χ0) is 16.4. The fourth-order valence-electron chi connectivity index (χ4n) is 2.12. The molecule has 2 aromatic heterocycles. The molecule has 0 bridgehead atoms. The van der Waals surface area contributed by atoms with Gasteiger partial charge in [-0.25, -0.2) is 9.78 Å². The molecule has 23 heavy (non-hydrogen) atoms. The Morgan fingerprint density at radius 3 is 2.91 bits per heavy atom. The van der Waals surface area contributed by atoms with Gasteiger partial charge in [0.2, 0.25) is 5.91 Å².